The highest BCUT2D eigenvalue weighted by Gasteiger charge is 2.18. The highest BCUT2D eigenvalue weighted by atomic mass is 16.2. The fourth-order valence-electron chi connectivity index (χ4n) is 3.42. The van der Waals surface area contributed by atoms with Crippen LogP contribution in [0.4, 0.5) is 0 Å². The van der Waals surface area contributed by atoms with Crippen LogP contribution in [0.5, 0.6) is 0 Å². The lowest BCUT2D eigenvalue weighted by Crippen LogP contribution is -2.31. The highest BCUT2D eigenvalue weighted by Crippen LogP contribution is 2.26. The van der Waals surface area contributed by atoms with Crippen LogP contribution >= 0.6 is 0 Å². The largest absolute Gasteiger partial charge is 0.339 e. The second-order valence-electron chi connectivity index (χ2n) is 8.11. The first-order chi connectivity index (χ1) is 13.1. The Labute approximate surface area is 169 Å². The van der Waals surface area contributed by atoms with Gasteiger partial charge in [0.15, 0.2) is 0 Å². The van der Waals surface area contributed by atoms with Crippen LogP contribution in [0.2, 0.25) is 0 Å². The Morgan fingerprint density at radius 1 is 1.14 bits per heavy atom. The predicted octanol–water partition coefficient (Wildman–Crippen LogP) is 5.17. The van der Waals surface area contributed by atoms with Crippen LogP contribution in [0.3, 0.4) is 0 Å². The molecular formula is C24H31N3O. The van der Waals surface area contributed by atoms with Gasteiger partial charge in [-0.1, -0.05) is 32.9 Å². The van der Waals surface area contributed by atoms with Gasteiger partial charge in [0.05, 0.1) is 0 Å². The normalized spacial score (nSPS) is 12.0. The molecule has 2 rings (SSSR count). The van der Waals surface area contributed by atoms with Crippen LogP contribution in [0.1, 0.15) is 57.1 Å². The Bertz CT molecular complexity index is 914. The summed E-state index contributed by atoms with van der Waals surface area (Å²) in [6, 6.07) is 12.7. The summed E-state index contributed by atoms with van der Waals surface area (Å²) in [5, 5.41) is 9.52. The summed E-state index contributed by atoms with van der Waals surface area (Å²) in [6.45, 7) is 15.7. The molecule has 0 fully saturated rings. The van der Waals surface area contributed by atoms with Gasteiger partial charge in [0, 0.05) is 30.2 Å². The molecule has 0 aliphatic carbocycles. The van der Waals surface area contributed by atoms with Gasteiger partial charge in [-0.25, -0.2) is 0 Å². The number of aryl methyl sites for hydroxylation is 1. The quantitative estimate of drug-likeness (QED) is 0.533. The minimum atomic E-state index is -0.216. The molecular weight excluding hydrogens is 346 g/mol. The predicted molar refractivity (Wildman–Crippen MR) is 115 cm³/mol. The number of amides is 1. The summed E-state index contributed by atoms with van der Waals surface area (Å²) in [7, 11) is 0. The highest BCUT2D eigenvalue weighted by molar-refractivity contribution is 6.01. The van der Waals surface area contributed by atoms with Crippen LogP contribution in [0, 0.1) is 25.2 Å². The molecule has 0 aliphatic heterocycles. The molecule has 4 nitrogen and oxygen atoms in total. The molecule has 0 unspecified atom stereocenters. The summed E-state index contributed by atoms with van der Waals surface area (Å²) in [5.74, 6) is -0.216. The molecule has 1 amide bonds. The van der Waals surface area contributed by atoms with Crippen molar-refractivity contribution in [3.05, 3.63) is 58.4 Å². The molecule has 1 aromatic heterocycles. The van der Waals surface area contributed by atoms with Crippen molar-refractivity contribution in [3.8, 4) is 11.8 Å². The van der Waals surface area contributed by atoms with Gasteiger partial charge in [-0.15, -0.1) is 0 Å². The zero-order valence-electron chi connectivity index (χ0n) is 18.1. The number of nitriles is 1. The maximum atomic E-state index is 12.6. The second-order valence-corrected chi connectivity index (χ2v) is 8.11. The van der Waals surface area contributed by atoms with E-state index in [1.54, 1.807) is 11.0 Å². The van der Waals surface area contributed by atoms with E-state index in [1.807, 2.05) is 33.8 Å². The average Bonchev–Trinajstić information content (AvgIpc) is 2.93. The van der Waals surface area contributed by atoms with Crippen molar-refractivity contribution in [3.63, 3.8) is 0 Å². The van der Waals surface area contributed by atoms with E-state index in [4.69, 9.17) is 0 Å². The van der Waals surface area contributed by atoms with Gasteiger partial charge in [-0.05, 0) is 68.5 Å². The number of benzene rings is 1. The zero-order valence-corrected chi connectivity index (χ0v) is 18.1. The summed E-state index contributed by atoms with van der Waals surface area (Å²) in [5.41, 5.74) is 5.63. The van der Waals surface area contributed by atoms with Crippen molar-refractivity contribution in [1.29, 1.82) is 5.26 Å². The second kappa shape index (κ2) is 8.48. The summed E-state index contributed by atoms with van der Waals surface area (Å²) in [4.78, 5) is 14.2. The van der Waals surface area contributed by atoms with Gasteiger partial charge in [0.1, 0.15) is 11.6 Å². The van der Waals surface area contributed by atoms with Crippen LogP contribution in [-0.4, -0.2) is 28.5 Å². The molecule has 0 saturated carbocycles. The molecule has 0 saturated heterocycles. The van der Waals surface area contributed by atoms with E-state index < -0.39 is 0 Å². The Morgan fingerprint density at radius 3 is 2.18 bits per heavy atom. The molecule has 148 valence electrons. The van der Waals surface area contributed by atoms with Crippen LogP contribution in [0.15, 0.2) is 35.9 Å². The molecule has 1 heterocycles. The molecule has 0 aliphatic rings. The molecule has 0 spiro atoms. The van der Waals surface area contributed by atoms with E-state index in [9.17, 15) is 10.1 Å². The number of carbonyl (C=O) groups is 1. The van der Waals surface area contributed by atoms with Crippen molar-refractivity contribution in [2.24, 2.45) is 0 Å². The van der Waals surface area contributed by atoms with Crippen molar-refractivity contribution in [2.45, 2.75) is 53.9 Å². The van der Waals surface area contributed by atoms with Crippen molar-refractivity contribution in [1.82, 2.24) is 9.47 Å². The smallest absolute Gasteiger partial charge is 0.264 e. The third-order valence-corrected chi connectivity index (χ3v) is 5.16. The van der Waals surface area contributed by atoms with E-state index >= 15 is 0 Å². The summed E-state index contributed by atoms with van der Waals surface area (Å²) < 4.78 is 2.16. The van der Waals surface area contributed by atoms with Crippen LogP contribution < -0.4 is 0 Å². The third-order valence-electron chi connectivity index (χ3n) is 5.16. The van der Waals surface area contributed by atoms with Gasteiger partial charge in [0.25, 0.3) is 5.91 Å². The number of nitrogens with zero attached hydrogens (tertiary/aromatic N) is 3. The molecule has 2 aromatic rings. The lowest BCUT2D eigenvalue weighted by Gasteiger charge is -2.20. The maximum Gasteiger partial charge on any atom is 0.264 e. The van der Waals surface area contributed by atoms with E-state index in [0.717, 1.165) is 22.6 Å². The summed E-state index contributed by atoms with van der Waals surface area (Å²) in [6.07, 6.45) is 1.71. The van der Waals surface area contributed by atoms with E-state index in [2.05, 4.69) is 55.7 Å². The number of aromatic nitrogens is 1. The molecule has 0 radical (unpaired) electrons. The standard InChI is InChI=1S/C24H31N3O/c1-8-26(9-2)23(28)20(16-25)15-19-14-17(3)27(18(19)4)22-12-10-21(11-13-22)24(5,6)7/h10-15H,8-9H2,1-7H3/b20-15-. The fraction of sp³-hybridized carbons (Fsp3) is 0.417. The fourth-order valence-corrected chi connectivity index (χ4v) is 3.42. The Hall–Kier alpha value is -2.80. The molecule has 0 atom stereocenters. The monoisotopic (exact) mass is 377 g/mol. The van der Waals surface area contributed by atoms with Crippen LogP contribution in [0.25, 0.3) is 11.8 Å². The van der Waals surface area contributed by atoms with E-state index in [1.165, 1.54) is 5.56 Å². The van der Waals surface area contributed by atoms with Gasteiger partial charge >= 0.3 is 0 Å². The number of rotatable bonds is 5. The van der Waals surface area contributed by atoms with Crippen molar-refractivity contribution >= 4 is 12.0 Å². The van der Waals surface area contributed by atoms with Gasteiger partial charge < -0.3 is 9.47 Å². The van der Waals surface area contributed by atoms with E-state index in [0.29, 0.717) is 13.1 Å². The molecule has 4 heteroatoms. The lowest BCUT2D eigenvalue weighted by molar-refractivity contribution is -0.126. The van der Waals surface area contributed by atoms with Gasteiger partial charge in [-0.3, -0.25) is 4.79 Å². The van der Waals surface area contributed by atoms with Gasteiger partial charge in [0.2, 0.25) is 0 Å². The van der Waals surface area contributed by atoms with Crippen molar-refractivity contribution < 1.29 is 4.79 Å². The number of carbonyl (C=O) groups excluding carboxylic acids is 1. The topological polar surface area (TPSA) is 49.0 Å². The number of likely N-dealkylation sites (N-methyl/N-ethyl adjacent to an activating group) is 1. The first kappa shape index (κ1) is 21.5. The molecule has 0 bridgehead atoms. The van der Waals surface area contributed by atoms with Crippen molar-refractivity contribution in [2.75, 3.05) is 13.1 Å². The minimum absolute atomic E-state index is 0.111. The maximum absolute atomic E-state index is 12.6. The Morgan fingerprint density at radius 2 is 1.71 bits per heavy atom. The Balaban J connectivity index is 2.46. The first-order valence-electron chi connectivity index (χ1n) is 9.84. The molecule has 28 heavy (non-hydrogen) atoms. The number of hydrogen-bond acceptors (Lipinski definition) is 2. The third kappa shape index (κ3) is 4.36. The zero-order chi connectivity index (χ0) is 21.1. The lowest BCUT2D eigenvalue weighted by atomic mass is 9.87. The number of hydrogen-bond donors (Lipinski definition) is 0. The van der Waals surface area contributed by atoms with E-state index in [-0.39, 0.29) is 16.9 Å². The summed E-state index contributed by atoms with van der Waals surface area (Å²) >= 11 is 0. The molecule has 1 aromatic carbocycles. The van der Waals surface area contributed by atoms with Crippen LogP contribution in [-0.2, 0) is 10.2 Å². The minimum Gasteiger partial charge on any atom is -0.339 e. The average molecular weight is 378 g/mol. The molecule has 0 N–H and O–H groups in total. The Kier molecular flexibility index (Phi) is 6.51. The van der Waals surface area contributed by atoms with Gasteiger partial charge in [-0.2, -0.15) is 5.26 Å². The first-order valence-corrected chi connectivity index (χ1v) is 9.84. The SMILES string of the molecule is CCN(CC)C(=O)/C(C#N)=C\c1cc(C)n(-c2ccc(C(C)(C)C)cc2)c1C.